The van der Waals surface area contributed by atoms with Crippen LogP contribution >= 0.6 is 0 Å². The Hall–Kier alpha value is -2.78. The summed E-state index contributed by atoms with van der Waals surface area (Å²) in [6.45, 7) is 5.95. The van der Waals surface area contributed by atoms with Gasteiger partial charge in [-0.3, -0.25) is 4.57 Å². The zero-order chi connectivity index (χ0) is 20.4. The molecule has 0 atom stereocenters. The van der Waals surface area contributed by atoms with Crippen LogP contribution in [0.15, 0.2) is 49.1 Å². The van der Waals surface area contributed by atoms with Crippen molar-refractivity contribution in [2.24, 2.45) is 0 Å². The number of imidazole rings is 1. The molecule has 1 aliphatic rings. The largest absolute Gasteiger partial charge is 0.354 e. The molecule has 9 heteroatoms. The highest BCUT2D eigenvalue weighted by atomic mass is 32.2. The first-order chi connectivity index (χ1) is 13.9. The first kappa shape index (κ1) is 19.5. The molecule has 0 radical (unpaired) electrons. The molecule has 1 saturated heterocycles. The number of benzene rings is 1. The fourth-order valence-electron chi connectivity index (χ4n) is 3.56. The van der Waals surface area contributed by atoms with Crippen LogP contribution in [0.4, 0.5) is 5.82 Å². The molecule has 0 saturated carbocycles. The molecule has 0 N–H and O–H groups in total. The lowest BCUT2D eigenvalue weighted by molar-refractivity contribution is 0.383. The summed E-state index contributed by atoms with van der Waals surface area (Å²) in [5, 5.41) is 0. The number of anilines is 1. The lowest BCUT2D eigenvalue weighted by Gasteiger charge is -2.34. The Balaban J connectivity index is 1.44. The molecular formula is C20H24N6O2S. The predicted molar refractivity (Wildman–Crippen MR) is 111 cm³/mol. The van der Waals surface area contributed by atoms with Gasteiger partial charge in [0.15, 0.2) is 0 Å². The van der Waals surface area contributed by atoms with Crippen molar-refractivity contribution in [3.8, 4) is 5.82 Å². The lowest BCUT2D eigenvalue weighted by Crippen LogP contribution is -2.49. The van der Waals surface area contributed by atoms with Gasteiger partial charge in [-0.25, -0.2) is 23.4 Å². The van der Waals surface area contributed by atoms with Gasteiger partial charge in [-0.05, 0) is 19.4 Å². The highest BCUT2D eigenvalue weighted by Crippen LogP contribution is 2.19. The number of aryl methyl sites for hydroxylation is 2. The monoisotopic (exact) mass is 412 g/mol. The number of hydrogen-bond acceptors (Lipinski definition) is 6. The first-order valence-electron chi connectivity index (χ1n) is 9.53. The van der Waals surface area contributed by atoms with Gasteiger partial charge in [-0.15, -0.1) is 0 Å². The molecule has 3 aromatic rings. The van der Waals surface area contributed by atoms with Crippen LogP contribution in [0.25, 0.3) is 5.82 Å². The maximum Gasteiger partial charge on any atom is 0.218 e. The molecule has 8 nitrogen and oxygen atoms in total. The van der Waals surface area contributed by atoms with Crippen LogP contribution in [0.3, 0.4) is 0 Å². The average Bonchev–Trinajstić information content (AvgIpc) is 3.14. The molecular weight excluding hydrogens is 388 g/mol. The van der Waals surface area contributed by atoms with Crippen molar-refractivity contribution in [2.75, 3.05) is 31.1 Å². The van der Waals surface area contributed by atoms with E-state index < -0.39 is 10.0 Å². The molecule has 1 fully saturated rings. The second kappa shape index (κ2) is 7.92. The third-order valence-electron chi connectivity index (χ3n) is 5.10. The minimum Gasteiger partial charge on any atom is -0.354 e. The Morgan fingerprint density at radius 2 is 1.72 bits per heavy atom. The minimum atomic E-state index is -3.35. The molecule has 0 bridgehead atoms. The number of piperazine rings is 1. The molecule has 0 aliphatic carbocycles. The maximum absolute atomic E-state index is 12.8. The molecule has 4 rings (SSSR count). The van der Waals surface area contributed by atoms with Gasteiger partial charge in [0.05, 0.1) is 5.75 Å². The SMILES string of the molecule is Cc1cccc(CS(=O)(=O)N2CCN(c3cc(-n4ccnc4C)ncn3)CC2)c1. The summed E-state index contributed by atoms with van der Waals surface area (Å²) in [5.74, 6) is 2.42. The van der Waals surface area contributed by atoms with E-state index in [4.69, 9.17) is 0 Å². The van der Waals surface area contributed by atoms with E-state index in [9.17, 15) is 8.42 Å². The van der Waals surface area contributed by atoms with E-state index >= 15 is 0 Å². The van der Waals surface area contributed by atoms with Crippen LogP contribution in [0, 0.1) is 13.8 Å². The van der Waals surface area contributed by atoms with E-state index in [1.54, 1.807) is 10.5 Å². The number of sulfonamides is 1. The molecule has 3 heterocycles. The van der Waals surface area contributed by atoms with Crippen LogP contribution in [-0.2, 0) is 15.8 Å². The van der Waals surface area contributed by atoms with E-state index in [2.05, 4.69) is 19.9 Å². The lowest BCUT2D eigenvalue weighted by atomic mass is 10.2. The maximum atomic E-state index is 12.8. The number of hydrogen-bond donors (Lipinski definition) is 0. The third-order valence-corrected chi connectivity index (χ3v) is 6.95. The van der Waals surface area contributed by atoms with E-state index in [0.717, 1.165) is 28.6 Å². The second-order valence-corrected chi connectivity index (χ2v) is 9.18. The number of aromatic nitrogens is 4. The van der Waals surface area contributed by atoms with Gasteiger partial charge in [0.1, 0.15) is 23.8 Å². The zero-order valence-corrected chi connectivity index (χ0v) is 17.4. The smallest absolute Gasteiger partial charge is 0.218 e. The van der Waals surface area contributed by atoms with Crippen molar-refractivity contribution < 1.29 is 8.42 Å². The molecule has 0 amide bonds. The van der Waals surface area contributed by atoms with Gasteiger partial charge < -0.3 is 4.90 Å². The molecule has 1 aromatic carbocycles. The Morgan fingerprint density at radius 3 is 2.41 bits per heavy atom. The van der Waals surface area contributed by atoms with Gasteiger partial charge in [0.2, 0.25) is 10.0 Å². The van der Waals surface area contributed by atoms with Crippen LogP contribution in [0.2, 0.25) is 0 Å². The first-order valence-corrected chi connectivity index (χ1v) is 11.1. The van der Waals surface area contributed by atoms with Crippen LogP contribution in [0.5, 0.6) is 0 Å². The third kappa shape index (κ3) is 4.30. The number of rotatable bonds is 5. The van der Waals surface area contributed by atoms with E-state index in [1.165, 1.54) is 6.33 Å². The van der Waals surface area contributed by atoms with Crippen molar-refractivity contribution in [3.63, 3.8) is 0 Å². The van der Waals surface area contributed by atoms with Gasteiger partial charge >= 0.3 is 0 Å². The van der Waals surface area contributed by atoms with Gasteiger partial charge in [0.25, 0.3) is 0 Å². The fourth-order valence-corrected chi connectivity index (χ4v) is 5.06. The van der Waals surface area contributed by atoms with E-state index in [0.29, 0.717) is 26.2 Å². The number of nitrogens with zero attached hydrogens (tertiary/aromatic N) is 6. The van der Waals surface area contributed by atoms with Crippen molar-refractivity contribution in [2.45, 2.75) is 19.6 Å². The summed E-state index contributed by atoms with van der Waals surface area (Å²) < 4.78 is 29.1. The van der Waals surface area contributed by atoms with E-state index in [1.807, 2.05) is 54.9 Å². The van der Waals surface area contributed by atoms with Crippen LogP contribution in [-0.4, -0.2) is 58.4 Å². The summed E-state index contributed by atoms with van der Waals surface area (Å²) in [5.41, 5.74) is 1.89. The summed E-state index contributed by atoms with van der Waals surface area (Å²) >= 11 is 0. The standard InChI is InChI=1S/C20H24N6O2S/c1-16-4-3-5-18(12-16)14-29(27,28)25-10-8-24(9-11-25)19-13-20(23-15-22-19)26-7-6-21-17(26)2/h3-7,12-13,15H,8-11,14H2,1-2H3. The average molecular weight is 413 g/mol. The molecule has 1 aliphatic heterocycles. The Kier molecular flexibility index (Phi) is 5.33. The summed E-state index contributed by atoms with van der Waals surface area (Å²) in [7, 11) is -3.35. The van der Waals surface area contributed by atoms with Crippen molar-refractivity contribution in [3.05, 3.63) is 66.0 Å². The van der Waals surface area contributed by atoms with Gasteiger partial charge in [-0.1, -0.05) is 29.8 Å². The van der Waals surface area contributed by atoms with Gasteiger partial charge in [-0.2, -0.15) is 4.31 Å². The summed E-state index contributed by atoms with van der Waals surface area (Å²) in [6, 6.07) is 9.56. The summed E-state index contributed by atoms with van der Waals surface area (Å²) in [6.07, 6.45) is 5.12. The minimum absolute atomic E-state index is 0.0340. The normalized spacial score (nSPS) is 15.6. The van der Waals surface area contributed by atoms with Crippen molar-refractivity contribution in [1.29, 1.82) is 0 Å². The van der Waals surface area contributed by atoms with Crippen LogP contribution < -0.4 is 4.90 Å². The second-order valence-electron chi connectivity index (χ2n) is 7.21. The van der Waals surface area contributed by atoms with Gasteiger partial charge in [0, 0.05) is 44.6 Å². The highest BCUT2D eigenvalue weighted by molar-refractivity contribution is 7.88. The molecule has 29 heavy (non-hydrogen) atoms. The molecule has 0 unspecified atom stereocenters. The topological polar surface area (TPSA) is 84.2 Å². The Morgan fingerprint density at radius 1 is 0.966 bits per heavy atom. The van der Waals surface area contributed by atoms with Crippen molar-refractivity contribution >= 4 is 15.8 Å². The fraction of sp³-hybridized carbons (Fsp3) is 0.350. The quantitative estimate of drug-likeness (QED) is 0.637. The van der Waals surface area contributed by atoms with Crippen molar-refractivity contribution in [1.82, 2.24) is 23.8 Å². The predicted octanol–water partition coefficient (Wildman–Crippen LogP) is 1.93. The summed E-state index contributed by atoms with van der Waals surface area (Å²) in [4.78, 5) is 15.0. The Labute approximate surface area is 170 Å². The Bertz CT molecular complexity index is 1100. The van der Waals surface area contributed by atoms with E-state index in [-0.39, 0.29) is 5.75 Å². The highest BCUT2D eigenvalue weighted by Gasteiger charge is 2.27. The van der Waals surface area contributed by atoms with Crippen LogP contribution in [0.1, 0.15) is 17.0 Å². The molecule has 0 spiro atoms. The molecule has 152 valence electrons. The zero-order valence-electron chi connectivity index (χ0n) is 16.6. The molecule has 2 aromatic heterocycles.